The molecule has 0 radical (unpaired) electrons. The van der Waals surface area contributed by atoms with Crippen LogP contribution in [0.1, 0.15) is 58.3 Å². The fourth-order valence-electron chi connectivity index (χ4n) is 2.88. The fourth-order valence-corrected chi connectivity index (χ4v) is 2.88. The number of esters is 1. The van der Waals surface area contributed by atoms with Crippen LogP contribution in [0.3, 0.4) is 0 Å². The van der Waals surface area contributed by atoms with Gasteiger partial charge in [-0.15, -0.1) is 6.58 Å². The van der Waals surface area contributed by atoms with E-state index in [9.17, 15) is 9.59 Å². The van der Waals surface area contributed by atoms with Gasteiger partial charge in [0, 0.05) is 5.92 Å². The molecular weight excluding hydrogens is 240 g/mol. The summed E-state index contributed by atoms with van der Waals surface area (Å²) in [6.07, 6.45) is 9.60. The molecule has 1 atom stereocenters. The molecule has 1 fully saturated rings. The van der Waals surface area contributed by atoms with Gasteiger partial charge in [0.05, 0.1) is 6.61 Å². The molecule has 1 saturated carbocycles. The van der Waals surface area contributed by atoms with E-state index in [2.05, 4.69) is 6.58 Å². The molecule has 1 rings (SSSR count). The Hall–Kier alpha value is -1.12. The predicted molar refractivity (Wildman–Crippen MR) is 75.8 cm³/mol. The first-order chi connectivity index (χ1) is 9.17. The van der Waals surface area contributed by atoms with E-state index < -0.39 is 5.97 Å². The Bertz CT molecular complexity index is 303. The third kappa shape index (κ3) is 6.04. The van der Waals surface area contributed by atoms with E-state index >= 15 is 0 Å². The lowest BCUT2D eigenvalue weighted by Crippen LogP contribution is -2.22. The van der Waals surface area contributed by atoms with E-state index in [0.29, 0.717) is 18.9 Å². The number of hydrogen-bond acceptors (Lipinski definition) is 3. The van der Waals surface area contributed by atoms with E-state index in [4.69, 9.17) is 4.74 Å². The number of Topliss-reactive ketones (excluding diaryl/α,β-unsaturated/α-hetero) is 1. The average molecular weight is 266 g/mol. The van der Waals surface area contributed by atoms with Crippen LogP contribution in [0.4, 0.5) is 0 Å². The minimum atomic E-state index is -0.398. The van der Waals surface area contributed by atoms with Crippen LogP contribution >= 0.6 is 0 Å². The summed E-state index contributed by atoms with van der Waals surface area (Å²) in [6.45, 7) is 5.81. The van der Waals surface area contributed by atoms with Crippen LogP contribution in [-0.4, -0.2) is 18.4 Å². The number of carbonyl (C=O) groups is 2. The molecule has 0 aromatic carbocycles. The number of ketones is 1. The van der Waals surface area contributed by atoms with Crippen molar-refractivity contribution >= 4 is 11.8 Å². The normalized spacial score (nSPS) is 17.7. The minimum absolute atomic E-state index is 0.0175. The monoisotopic (exact) mass is 266 g/mol. The van der Waals surface area contributed by atoms with Gasteiger partial charge in [-0.1, -0.05) is 38.2 Å². The molecule has 0 saturated heterocycles. The van der Waals surface area contributed by atoms with Crippen LogP contribution < -0.4 is 0 Å². The molecule has 19 heavy (non-hydrogen) atoms. The van der Waals surface area contributed by atoms with Gasteiger partial charge in [0.25, 0.3) is 0 Å². The first-order valence-corrected chi connectivity index (χ1v) is 7.46. The number of allylic oxidation sites excluding steroid dienone is 1. The lowest BCUT2D eigenvalue weighted by Gasteiger charge is -2.25. The van der Waals surface area contributed by atoms with Crippen LogP contribution in [0, 0.1) is 11.8 Å². The van der Waals surface area contributed by atoms with Gasteiger partial charge in [-0.2, -0.15) is 0 Å². The minimum Gasteiger partial charge on any atom is -0.466 e. The Morgan fingerprint density at radius 3 is 2.58 bits per heavy atom. The van der Waals surface area contributed by atoms with E-state index in [1.54, 1.807) is 13.0 Å². The highest BCUT2D eigenvalue weighted by Crippen LogP contribution is 2.31. The highest BCUT2D eigenvalue weighted by molar-refractivity contribution is 5.96. The quantitative estimate of drug-likeness (QED) is 0.382. The van der Waals surface area contributed by atoms with Crippen molar-refractivity contribution in [3.05, 3.63) is 12.7 Å². The summed E-state index contributed by atoms with van der Waals surface area (Å²) in [6, 6.07) is 0. The predicted octanol–water partition coefficient (Wildman–Crippen LogP) is 3.67. The summed E-state index contributed by atoms with van der Waals surface area (Å²) in [5.74, 6) is 0.212. The van der Waals surface area contributed by atoms with Crippen LogP contribution in [0.5, 0.6) is 0 Å². The number of hydrogen-bond donors (Lipinski definition) is 0. The van der Waals surface area contributed by atoms with Gasteiger partial charge in [0.2, 0.25) is 0 Å². The molecule has 3 heteroatoms. The molecule has 0 aliphatic heterocycles. The Labute approximate surface area is 116 Å². The summed E-state index contributed by atoms with van der Waals surface area (Å²) in [5, 5.41) is 0. The topological polar surface area (TPSA) is 43.4 Å². The largest absolute Gasteiger partial charge is 0.466 e. The van der Waals surface area contributed by atoms with E-state index in [0.717, 1.165) is 6.42 Å². The van der Waals surface area contributed by atoms with Crippen molar-refractivity contribution in [1.82, 2.24) is 0 Å². The molecule has 1 aliphatic rings. The molecule has 0 aromatic heterocycles. The number of rotatable bonds is 8. The van der Waals surface area contributed by atoms with Crippen LogP contribution in [0.25, 0.3) is 0 Å². The third-order valence-electron chi connectivity index (χ3n) is 3.87. The maximum absolute atomic E-state index is 12.1. The van der Waals surface area contributed by atoms with Crippen molar-refractivity contribution < 1.29 is 14.3 Å². The van der Waals surface area contributed by atoms with E-state index in [1.807, 2.05) is 0 Å². The first kappa shape index (κ1) is 15.9. The van der Waals surface area contributed by atoms with Crippen molar-refractivity contribution in [2.75, 3.05) is 6.61 Å². The molecule has 108 valence electrons. The van der Waals surface area contributed by atoms with Crippen LogP contribution in [0.2, 0.25) is 0 Å². The van der Waals surface area contributed by atoms with Crippen molar-refractivity contribution in [2.24, 2.45) is 11.8 Å². The lowest BCUT2D eigenvalue weighted by atomic mass is 9.80. The molecule has 0 heterocycles. The zero-order chi connectivity index (χ0) is 14.1. The van der Waals surface area contributed by atoms with Crippen LogP contribution in [-0.2, 0) is 14.3 Å². The zero-order valence-corrected chi connectivity index (χ0v) is 12.0. The average Bonchev–Trinajstić information content (AvgIpc) is 2.39. The standard InChI is InChI=1S/C16H26O3/c1-3-8-14(11-13-9-6-5-7-10-13)15(17)12-16(18)19-4-2/h3,13-14H,1,4-12H2,2H3. The van der Waals surface area contributed by atoms with Crippen LogP contribution in [0.15, 0.2) is 12.7 Å². The molecule has 0 aromatic rings. The molecule has 0 spiro atoms. The summed E-state index contributed by atoms with van der Waals surface area (Å²) in [7, 11) is 0. The zero-order valence-electron chi connectivity index (χ0n) is 12.0. The highest BCUT2D eigenvalue weighted by atomic mass is 16.5. The SMILES string of the molecule is C=CCC(CC1CCCCC1)C(=O)CC(=O)OCC. The second-order valence-electron chi connectivity index (χ2n) is 5.41. The van der Waals surface area contributed by atoms with Gasteiger partial charge in [-0.3, -0.25) is 9.59 Å². The molecule has 0 N–H and O–H groups in total. The summed E-state index contributed by atoms with van der Waals surface area (Å²) in [5.41, 5.74) is 0. The van der Waals surface area contributed by atoms with Gasteiger partial charge in [0.15, 0.2) is 0 Å². The maximum Gasteiger partial charge on any atom is 0.313 e. The first-order valence-electron chi connectivity index (χ1n) is 7.46. The van der Waals surface area contributed by atoms with Crippen molar-refractivity contribution in [1.29, 1.82) is 0 Å². The molecular formula is C16H26O3. The number of carbonyl (C=O) groups excluding carboxylic acids is 2. The molecule has 1 unspecified atom stereocenters. The summed E-state index contributed by atoms with van der Waals surface area (Å²) >= 11 is 0. The van der Waals surface area contributed by atoms with Crippen molar-refractivity contribution in [3.63, 3.8) is 0 Å². The Morgan fingerprint density at radius 2 is 2.00 bits per heavy atom. The molecule has 0 amide bonds. The maximum atomic E-state index is 12.1. The molecule has 0 bridgehead atoms. The summed E-state index contributed by atoms with van der Waals surface area (Å²) < 4.78 is 4.85. The highest BCUT2D eigenvalue weighted by Gasteiger charge is 2.25. The Morgan fingerprint density at radius 1 is 1.32 bits per heavy atom. The van der Waals surface area contributed by atoms with Gasteiger partial charge < -0.3 is 4.74 Å². The Balaban J connectivity index is 2.47. The number of ether oxygens (including phenoxy) is 1. The Kier molecular flexibility index (Phi) is 7.46. The van der Waals surface area contributed by atoms with Gasteiger partial charge >= 0.3 is 5.97 Å². The van der Waals surface area contributed by atoms with Crippen molar-refractivity contribution in [2.45, 2.75) is 58.3 Å². The molecule has 3 nitrogen and oxygen atoms in total. The fraction of sp³-hybridized carbons (Fsp3) is 0.750. The van der Waals surface area contributed by atoms with Gasteiger partial charge in [0.1, 0.15) is 12.2 Å². The van der Waals surface area contributed by atoms with Gasteiger partial charge in [-0.05, 0) is 25.7 Å². The van der Waals surface area contributed by atoms with Crippen molar-refractivity contribution in [3.8, 4) is 0 Å². The van der Waals surface area contributed by atoms with Gasteiger partial charge in [-0.25, -0.2) is 0 Å². The summed E-state index contributed by atoms with van der Waals surface area (Å²) in [4.78, 5) is 23.5. The molecule has 1 aliphatic carbocycles. The lowest BCUT2D eigenvalue weighted by molar-refractivity contribution is -0.146. The smallest absolute Gasteiger partial charge is 0.313 e. The third-order valence-corrected chi connectivity index (χ3v) is 3.87. The van der Waals surface area contributed by atoms with E-state index in [-0.39, 0.29) is 18.1 Å². The second-order valence-corrected chi connectivity index (χ2v) is 5.41. The van der Waals surface area contributed by atoms with E-state index in [1.165, 1.54) is 32.1 Å². The second kappa shape index (κ2) is 8.89.